The summed E-state index contributed by atoms with van der Waals surface area (Å²) in [5.74, 6) is -1.50. The normalized spacial score (nSPS) is 12.4. The van der Waals surface area contributed by atoms with Crippen LogP contribution in [-0.4, -0.2) is 23.3 Å². The molecule has 1 amide bonds. The summed E-state index contributed by atoms with van der Waals surface area (Å²) >= 11 is 0. The molecule has 0 bridgehead atoms. The number of ketones is 1. The van der Waals surface area contributed by atoms with Gasteiger partial charge in [0.1, 0.15) is 5.60 Å². The Hall–Kier alpha value is -2.37. The lowest BCUT2D eigenvalue weighted by molar-refractivity contribution is -0.156. The average Bonchev–Trinajstić information content (AvgIpc) is 2.38. The molecule has 0 fully saturated rings. The van der Waals surface area contributed by atoms with Crippen molar-refractivity contribution in [3.8, 4) is 0 Å². The molecule has 0 saturated heterocycles. The summed E-state index contributed by atoms with van der Waals surface area (Å²) in [6, 6.07) is 4.68. The minimum atomic E-state index is -0.590. The number of hydrogen-bond donors (Lipinski definition) is 2. The smallest absolute Gasteiger partial charge is 0.307 e. The number of nitrogens with two attached hydrogens (primary N) is 1. The maximum Gasteiger partial charge on any atom is 0.307 e. The first kappa shape index (κ1) is 18.7. The van der Waals surface area contributed by atoms with E-state index in [1.807, 2.05) is 0 Å². The molecule has 1 unspecified atom stereocenters. The summed E-state index contributed by atoms with van der Waals surface area (Å²) in [7, 11) is 0. The SMILES string of the molecule is CC(=O)c1ccc(N)c(NC(=O)C(C)CC(=O)OC(C)(C)C)c1. The molecule has 0 heterocycles. The predicted octanol–water partition coefficient (Wildman–Crippen LogP) is 2.78. The summed E-state index contributed by atoms with van der Waals surface area (Å²) in [5.41, 5.74) is 6.38. The van der Waals surface area contributed by atoms with Crippen molar-refractivity contribution in [2.45, 2.75) is 46.6 Å². The number of nitrogen functional groups attached to an aromatic ring is 1. The molecule has 0 spiro atoms. The number of hydrogen-bond acceptors (Lipinski definition) is 5. The molecule has 6 nitrogen and oxygen atoms in total. The van der Waals surface area contributed by atoms with Gasteiger partial charge >= 0.3 is 5.97 Å². The van der Waals surface area contributed by atoms with E-state index in [1.54, 1.807) is 39.8 Å². The Morgan fingerprint density at radius 1 is 1.26 bits per heavy atom. The van der Waals surface area contributed by atoms with Crippen LogP contribution >= 0.6 is 0 Å². The Balaban J connectivity index is 2.74. The molecular weight excluding hydrogens is 296 g/mol. The largest absolute Gasteiger partial charge is 0.460 e. The van der Waals surface area contributed by atoms with Crippen LogP contribution in [0.3, 0.4) is 0 Å². The van der Waals surface area contributed by atoms with Gasteiger partial charge in [0.05, 0.1) is 17.8 Å². The molecule has 0 radical (unpaired) electrons. The molecule has 1 atom stereocenters. The molecule has 23 heavy (non-hydrogen) atoms. The summed E-state index contributed by atoms with van der Waals surface area (Å²) in [4.78, 5) is 35.3. The van der Waals surface area contributed by atoms with Crippen molar-refractivity contribution >= 4 is 29.0 Å². The van der Waals surface area contributed by atoms with Gasteiger partial charge < -0.3 is 15.8 Å². The molecule has 3 N–H and O–H groups in total. The Morgan fingerprint density at radius 2 is 1.87 bits per heavy atom. The molecule has 1 aromatic carbocycles. The van der Waals surface area contributed by atoms with E-state index >= 15 is 0 Å². The molecule has 0 aromatic heterocycles. The van der Waals surface area contributed by atoms with Gasteiger partial charge in [-0.3, -0.25) is 14.4 Å². The van der Waals surface area contributed by atoms with Crippen molar-refractivity contribution in [2.24, 2.45) is 5.92 Å². The molecule has 1 rings (SSSR count). The lowest BCUT2D eigenvalue weighted by Gasteiger charge is -2.21. The van der Waals surface area contributed by atoms with Crippen molar-refractivity contribution in [1.82, 2.24) is 0 Å². The quantitative estimate of drug-likeness (QED) is 0.494. The number of anilines is 2. The summed E-state index contributed by atoms with van der Waals surface area (Å²) in [6.45, 7) is 8.36. The van der Waals surface area contributed by atoms with Gasteiger partial charge in [0, 0.05) is 11.5 Å². The molecule has 0 saturated carbocycles. The zero-order valence-corrected chi connectivity index (χ0v) is 14.2. The monoisotopic (exact) mass is 320 g/mol. The van der Waals surface area contributed by atoms with Gasteiger partial charge in [0.25, 0.3) is 0 Å². The van der Waals surface area contributed by atoms with Crippen LogP contribution in [0.15, 0.2) is 18.2 Å². The third-order valence-corrected chi connectivity index (χ3v) is 3.06. The first-order chi connectivity index (χ1) is 10.5. The van der Waals surface area contributed by atoms with Crippen LogP contribution in [0.25, 0.3) is 0 Å². The van der Waals surface area contributed by atoms with Gasteiger partial charge in [-0.25, -0.2) is 0 Å². The lowest BCUT2D eigenvalue weighted by atomic mass is 10.1. The van der Waals surface area contributed by atoms with Crippen molar-refractivity contribution in [1.29, 1.82) is 0 Å². The van der Waals surface area contributed by atoms with Crippen LogP contribution < -0.4 is 11.1 Å². The number of benzene rings is 1. The first-order valence-electron chi connectivity index (χ1n) is 7.43. The molecule has 126 valence electrons. The lowest BCUT2D eigenvalue weighted by Crippen LogP contribution is -2.28. The second kappa shape index (κ2) is 7.26. The van der Waals surface area contributed by atoms with Crippen LogP contribution in [-0.2, 0) is 14.3 Å². The van der Waals surface area contributed by atoms with Crippen LogP contribution in [0.1, 0.15) is 51.4 Å². The standard InChI is InChI=1S/C17H24N2O4/c1-10(8-15(21)23-17(3,4)5)16(22)19-14-9-12(11(2)20)6-7-13(14)18/h6-7,9-10H,8,18H2,1-5H3,(H,19,22). The topological polar surface area (TPSA) is 98.5 Å². The maximum absolute atomic E-state index is 12.2. The third kappa shape index (κ3) is 6.10. The zero-order chi connectivity index (χ0) is 17.8. The Labute approximate surface area is 136 Å². The van der Waals surface area contributed by atoms with E-state index in [-0.39, 0.29) is 18.1 Å². The first-order valence-corrected chi connectivity index (χ1v) is 7.43. The van der Waals surface area contributed by atoms with Gasteiger partial charge in [-0.15, -0.1) is 0 Å². The number of nitrogens with one attached hydrogen (secondary N) is 1. The molecule has 0 aliphatic carbocycles. The zero-order valence-electron chi connectivity index (χ0n) is 14.2. The fourth-order valence-electron chi connectivity index (χ4n) is 1.87. The third-order valence-electron chi connectivity index (χ3n) is 3.06. The fourth-order valence-corrected chi connectivity index (χ4v) is 1.87. The van der Waals surface area contributed by atoms with E-state index in [9.17, 15) is 14.4 Å². The minimum Gasteiger partial charge on any atom is -0.460 e. The van der Waals surface area contributed by atoms with Crippen molar-refractivity contribution in [3.63, 3.8) is 0 Å². The van der Waals surface area contributed by atoms with Crippen LogP contribution in [0.2, 0.25) is 0 Å². The number of Topliss-reactive ketones (excluding diaryl/α,β-unsaturated/α-hetero) is 1. The van der Waals surface area contributed by atoms with Crippen molar-refractivity contribution in [3.05, 3.63) is 23.8 Å². The Morgan fingerprint density at radius 3 is 2.39 bits per heavy atom. The number of amides is 1. The summed E-state index contributed by atoms with van der Waals surface area (Å²) in [6.07, 6.45) is -0.0323. The molecule has 1 aromatic rings. The van der Waals surface area contributed by atoms with Crippen molar-refractivity contribution in [2.75, 3.05) is 11.1 Å². The van der Waals surface area contributed by atoms with E-state index < -0.39 is 17.5 Å². The molecule has 6 heteroatoms. The number of esters is 1. The van der Waals surface area contributed by atoms with E-state index in [1.165, 1.54) is 13.0 Å². The highest BCUT2D eigenvalue weighted by Gasteiger charge is 2.22. The van der Waals surface area contributed by atoms with Gasteiger partial charge in [-0.05, 0) is 45.9 Å². The Bertz CT molecular complexity index is 618. The minimum absolute atomic E-state index is 0.0323. The highest BCUT2D eigenvalue weighted by molar-refractivity contribution is 6.00. The van der Waals surface area contributed by atoms with Gasteiger partial charge in [0.2, 0.25) is 5.91 Å². The predicted molar refractivity (Wildman–Crippen MR) is 89.1 cm³/mol. The molecule has 0 aliphatic heterocycles. The summed E-state index contributed by atoms with van der Waals surface area (Å²) in [5, 5.41) is 2.65. The van der Waals surface area contributed by atoms with E-state index in [0.29, 0.717) is 16.9 Å². The number of ether oxygens (including phenoxy) is 1. The van der Waals surface area contributed by atoms with E-state index in [2.05, 4.69) is 5.32 Å². The number of rotatable bonds is 5. The second-order valence-electron chi connectivity index (χ2n) is 6.54. The number of carbonyl (C=O) groups excluding carboxylic acids is 3. The van der Waals surface area contributed by atoms with Crippen LogP contribution in [0.5, 0.6) is 0 Å². The van der Waals surface area contributed by atoms with E-state index in [0.717, 1.165) is 0 Å². The van der Waals surface area contributed by atoms with Crippen LogP contribution in [0, 0.1) is 5.92 Å². The highest BCUT2D eigenvalue weighted by atomic mass is 16.6. The van der Waals surface area contributed by atoms with Gasteiger partial charge in [-0.1, -0.05) is 6.92 Å². The van der Waals surface area contributed by atoms with Gasteiger partial charge in [-0.2, -0.15) is 0 Å². The maximum atomic E-state index is 12.2. The van der Waals surface area contributed by atoms with Crippen LogP contribution in [0.4, 0.5) is 11.4 Å². The van der Waals surface area contributed by atoms with Crippen molar-refractivity contribution < 1.29 is 19.1 Å². The second-order valence-corrected chi connectivity index (χ2v) is 6.54. The highest BCUT2D eigenvalue weighted by Crippen LogP contribution is 2.22. The fraction of sp³-hybridized carbons (Fsp3) is 0.471. The van der Waals surface area contributed by atoms with Gasteiger partial charge in [0.15, 0.2) is 5.78 Å². The average molecular weight is 320 g/mol. The Kier molecular flexibility index (Phi) is 5.90. The molecular formula is C17H24N2O4. The molecule has 0 aliphatic rings. The summed E-state index contributed by atoms with van der Waals surface area (Å²) < 4.78 is 5.19. The van der Waals surface area contributed by atoms with E-state index in [4.69, 9.17) is 10.5 Å². The number of carbonyl (C=O) groups is 3.